The number of hydrogen-bond donors (Lipinski definition) is 2. The molecule has 6 nitrogen and oxygen atoms in total. The molecule has 0 bridgehead atoms. The maximum absolute atomic E-state index is 11.9. The predicted octanol–water partition coefficient (Wildman–Crippen LogP) is 2.74. The predicted molar refractivity (Wildman–Crippen MR) is 94.9 cm³/mol. The standard InChI is InChI=1S/C17H34N4O2/c1-6-8-9-11-19-15(18-7-2)21-12-10-14(13-21)20-16(22)23-17(3,4)5/h14H,6-13H2,1-5H3,(H,18,19)(H,20,22). The van der Waals surface area contributed by atoms with Crippen molar-refractivity contribution < 1.29 is 9.53 Å². The summed E-state index contributed by atoms with van der Waals surface area (Å²) in [4.78, 5) is 18.8. The van der Waals surface area contributed by atoms with Crippen LogP contribution in [0.2, 0.25) is 0 Å². The van der Waals surface area contributed by atoms with E-state index in [4.69, 9.17) is 9.73 Å². The molecule has 1 aliphatic heterocycles. The third kappa shape index (κ3) is 8.09. The summed E-state index contributed by atoms with van der Waals surface area (Å²) in [7, 11) is 0. The first kappa shape index (κ1) is 19.6. The van der Waals surface area contributed by atoms with Gasteiger partial charge in [0.1, 0.15) is 5.60 Å². The Morgan fingerprint density at radius 1 is 1.30 bits per heavy atom. The van der Waals surface area contributed by atoms with Gasteiger partial charge in [-0.1, -0.05) is 19.8 Å². The number of guanidine groups is 1. The van der Waals surface area contributed by atoms with Gasteiger partial charge >= 0.3 is 6.09 Å². The second kappa shape index (κ2) is 9.63. The van der Waals surface area contributed by atoms with Gasteiger partial charge in [-0.15, -0.1) is 0 Å². The molecule has 0 radical (unpaired) electrons. The minimum atomic E-state index is -0.460. The van der Waals surface area contributed by atoms with Gasteiger partial charge in [0.25, 0.3) is 0 Å². The lowest BCUT2D eigenvalue weighted by atomic mass is 10.2. The number of nitrogens with zero attached hydrogens (tertiary/aromatic N) is 2. The first-order valence-electron chi connectivity index (χ1n) is 8.88. The monoisotopic (exact) mass is 326 g/mol. The van der Waals surface area contributed by atoms with Crippen LogP contribution in [0.25, 0.3) is 0 Å². The molecule has 1 unspecified atom stereocenters. The first-order valence-corrected chi connectivity index (χ1v) is 8.88. The molecular weight excluding hydrogens is 292 g/mol. The van der Waals surface area contributed by atoms with Crippen LogP contribution in [0.5, 0.6) is 0 Å². The molecule has 1 fully saturated rings. The second-order valence-corrected chi connectivity index (χ2v) is 7.02. The molecule has 1 heterocycles. The van der Waals surface area contributed by atoms with Crippen molar-refractivity contribution in [3.05, 3.63) is 0 Å². The Hall–Kier alpha value is -1.46. The highest BCUT2D eigenvalue weighted by Crippen LogP contribution is 2.12. The zero-order valence-electron chi connectivity index (χ0n) is 15.4. The highest BCUT2D eigenvalue weighted by Gasteiger charge is 2.27. The maximum Gasteiger partial charge on any atom is 0.407 e. The molecule has 1 amide bonds. The molecule has 0 saturated carbocycles. The number of likely N-dealkylation sites (tertiary alicyclic amines) is 1. The lowest BCUT2D eigenvalue weighted by Crippen LogP contribution is -2.44. The highest BCUT2D eigenvalue weighted by atomic mass is 16.6. The lowest BCUT2D eigenvalue weighted by molar-refractivity contribution is 0.0507. The molecule has 0 aliphatic carbocycles. The van der Waals surface area contributed by atoms with E-state index < -0.39 is 5.60 Å². The second-order valence-electron chi connectivity index (χ2n) is 7.02. The van der Waals surface area contributed by atoms with Crippen molar-refractivity contribution in [3.63, 3.8) is 0 Å². The van der Waals surface area contributed by atoms with Crippen LogP contribution in [0.1, 0.15) is 60.3 Å². The van der Waals surface area contributed by atoms with Crippen LogP contribution >= 0.6 is 0 Å². The van der Waals surface area contributed by atoms with E-state index in [0.29, 0.717) is 0 Å². The number of ether oxygens (including phenoxy) is 1. The molecule has 0 aromatic heterocycles. The third-order valence-corrected chi connectivity index (χ3v) is 3.57. The van der Waals surface area contributed by atoms with Crippen LogP contribution in [0.4, 0.5) is 4.79 Å². The normalized spacial score (nSPS) is 18.9. The summed E-state index contributed by atoms with van der Waals surface area (Å²) in [6.45, 7) is 13.3. The van der Waals surface area contributed by atoms with E-state index >= 15 is 0 Å². The average Bonchev–Trinajstić information content (AvgIpc) is 2.88. The first-order chi connectivity index (χ1) is 10.9. The molecule has 0 aromatic carbocycles. The number of carbonyl (C=O) groups excluding carboxylic acids is 1. The fourth-order valence-electron chi connectivity index (χ4n) is 2.52. The number of hydrogen-bond acceptors (Lipinski definition) is 3. The summed E-state index contributed by atoms with van der Waals surface area (Å²) in [5, 5.41) is 6.30. The van der Waals surface area contributed by atoms with Crippen molar-refractivity contribution in [2.45, 2.75) is 71.9 Å². The quantitative estimate of drug-likeness (QED) is 0.447. The molecule has 1 atom stereocenters. The van der Waals surface area contributed by atoms with Crippen LogP contribution in [0.15, 0.2) is 4.99 Å². The molecule has 1 saturated heterocycles. The van der Waals surface area contributed by atoms with E-state index in [1.54, 1.807) is 0 Å². The van der Waals surface area contributed by atoms with Gasteiger partial charge in [0.05, 0.1) is 6.04 Å². The van der Waals surface area contributed by atoms with Crippen LogP contribution < -0.4 is 10.6 Å². The number of rotatable bonds is 6. The molecule has 2 N–H and O–H groups in total. The summed E-state index contributed by atoms with van der Waals surface area (Å²) in [6, 6.07) is 0.115. The fourth-order valence-corrected chi connectivity index (χ4v) is 2.52. The summed E-state index contributed by atoms with van der Waals surface area (Å²) in [6.07, 6.45) is 4.12. The van der Waals surface area contributed by atoms with Crippen LogP contribution in [-0.2, 0) is 4.74 Å². The van der Waals surface area contributed by atoms with Crippen LogP contribution in [0, 0.1) is 0 Å². The average molecular weight is 326 g/mol. The molecular formula is C17H34N4O2. The summed E-state index contributed by atoms with van der Waals surface area (Å²) < 4.78 is 5.32. The van der Waals surface area contributed by atoms with Crippen molar-refractivity contribution >= 4 is 12.1 Å². The number of carbonyl (C=O) groups is 1. The molecule has 23 heavy (non-hydrogen) atoms. The van der Waals surface area contributed by atoms with E-state index in [1.807, 2.05) is 20.8 Å². The summed E-state index contributed by atoms with van der Waals surface area (Å²) in [5.41, 5.74) is -0.460. The SMILES string of the molecule is CCCCCN=C(NCC)N1CCC(NC(=O)OC(C)(C)C)C1. The minimum absolute atomic E-state index is 0.115. The Morgan fingerprint density at radius 2 is 2.04 bits per heavy atom. The van der Waals surface area contributed by atoms with Gasteiger partial charge in [-0.05, 0) is 40.5 Å². The van der Waals surface area contributed by atoms with Crippen molar-refractivity contribution in [2.24, 2.45) is 4.99 Å². The largest absolute Gasteiger partial charge is 0.444 e. The zero-order valence-corrected chi connectivity index (χ0v) is 15.4. The highest BCUT2D eigenvalue weighted by molar-refractivity contribution is 5.80. The van der Waals surface area contributed by atoms with Crippen molar-refractivity contribution in [2.75, 3.05) is 26.2 Å². The molecule has 1 rings (SSSR count). The van der Waals surface area contributed by atoms with E-state index in [9.17, 15) is 4.79 Å². The fraction of sp³-hybridized carbons (Fsp3) is 0.882. The van der Waals surface area contributed by atoms with E-state index in [2.05, 4.69) is 29.4 Å². The van der Waals surface area contributed by atoms with E-state index in [-0.39, 0.29) is 12.1 Å². The molecule has 1 aliphatic rings. The topological polar surface area (TPSA) is 66.0 Å². The Labute approximate surface area is 141 Å². The van der Waals surface area contributed by atoms with Crippen molar-refractivity contribution in [1.82, 2.24) is 15.5 Å². The molecule has 0 spiro atoms. The van der Waals surface area contributed by atoms with Gasteiger partial charge in [0.2, 0.25) is 0 Å². The minimum Gasteiger partial charge on any atom is -0.444 e. The number of amides is 1. The van der Waals surface area contributed by atoms with Gasteiger partial charge in [-0.2, -0.15) is 0 Å². The van der Waals surface area contributed by atoms with Crippen molar-refractivity contribution in [1.29, 1.82) is 0 Å². The van der Waals surface area contributed by atoms with Gasteiger partial charge in [-0.25, -0.2) is 4.79 Å². The van der Waals surface area contributed by atoms with Crippen LogP contribution in [-0.4, -0.2) is 54.8 Å². The Morgan fingerprint density at radius 3 is 2.65 bits per heavy atom. The van der Waals surface area contributed by atoms with Crippen LogP contribution in [0.3, 0.4) is 0 Å². The Bertz CT molecular complexity index is 391. The third-order valence-electron chi connectivity index (χ3n) is 3.57. The Balaban J connectivity index is 2.47. The smallest absolute Gasteiger partial charge is 0.407 e. The zero-order chi connectivity index (χ0) is 17.3. The van der Waals surface area contributed by atoms with Gasteiger partial charge < -0.3 is 20.3 Å². The maximum atomic E-state index is 11.9. The Kier molecular flexibility index (Phi) is 8.20. The lowest BCUT2D eigenvalue weighted by Gasteiger charge is -2.23. The molecule has 134 valence electrons. The molecule has 6 heteroatoms. The van der Waals surface area contributed by atoms with E-state index in [0.717, 1.165) is 45.0 Å². The van der Waals surface area contributed by atoms with E-state index in [1.165, 1.54) is 12.8 Å². The molecule has 0 aromatic rings. The summed E-state index contributed by atoms with van der Waals surface area (Å²) >= 11 is 0. The number of aliphatic imine (C=N–C) groups is 1. The summed E-state index contributed by atoms with van der Waals surface area (Å²) in [5.74, 6) is 0.956. The van der Waals surface area contributed by atoms with Gasteiger partial charge in [0.15, 0.2) is 5.96 Å². The number of nitrogens with one attached hydrogen (secondary N) is 2. The number of alkyl carbamates (subject to hydrolysis) is 1. The van der Waals surface area contributed by atoms with Gasteiger partial charge in [-0.3, -0.25) is 4.99 Å². The van der Waals surface area contributed by atoms with Crippen molar-refractivity contribution in [3.8, 4) is 0 Å². The number of unbranched alkanes of at least 4 members (excludes halogenated alkanes) is 2. The van der Waals surface area contributed by atoms with Gasteiger partial charge in [0, 0.05) is 26.2 Å².